The van der Waals surface area contributed by atoms with Crippen molar-refractivity contribution in [2.24, 2.45) is 7.05 Å². The van der Waals surface area contributed by atoms with Gasteiger partial charge in [-0.05, 0) is 18.2 Å². The van der Waals surface area contributed by atoms with Crippen molar-refractivity contribution in [3.05, 3.63) is 59.6 Å². The molecule has 3 aromatic rings. The summed E-state index contributed by atoms with van der Waals surface area (Å²) in [4.78, 5) is 7.22. The largest absolute Gasteiger partial charge is 0.496 e. The minimum absolute atomic E-state index is 0.822. The van der Waals surface area contributed by atoms with Crippen LogP contribution in [0.3, 0.4) is 0 Å². The van der Waals surface area contributed by atoms with Crippen LogP contribution >= 0.6 is 0 Å². The number of imidazole rings is 1. The van der Waals surface area contributed by atoms with Gasteiger partial charge >= 0.3 is 0 Å². The van der Waals surface area contributed by atoms with Gasteiger partial charge < -0.3 is 13.7 Å². The van der Waals surface area contributed by atoms with E-state index in [-0.39, 0.29) is 0 Å². The van der Waals surface area contributed by atoms with Gasteiger partial charge in [-0.1, -0.05) is 18.2 Å². The molecule has 0 fully saturated rings. The number of nitrogens with zero attached hydrogens (tertiary/aromatic N) is 3. The van der Waals surface area contributed by atoms with Gasteiger partial charge in [0.05, 0.1) is 24.8 Å². The van der Waals surface area contributed by atoms with Crippen LogP contribution in [0.15, 0.2) is 47.1 Å². The minimum Gasteiger partial charge on any atom is -0.496 e. The molecule has 0 bridgehead atoms. The second-order valence-corrected chi connectivity index (χ2v) is 6.14. The number of para-hydroxylation sites is 1. The van der Waals surface area contributed by atoms with Gasteiger partial charge in [-0.2, -0.15) is 0 Å². The van der Waals surface area contributed by atoms with Crippen LogP contribution in [0.5, 0.6) is 5.75 Å². The van der Waals surface area contributed by atoms with Gasteiger partial charge in [0.15, 0.2) is 11.6 Å². The summed E-state index contributed by atoms with van der Waals surface area (Å²) in [7, 11) is 3.79. The first-order valence-corrected chi connectivity index (χ1v) is 8.19. The molecule has 5 heteroatoms. The smallest absolute Gasteiger partial charge is 0.176 e. The molecule has 1 aromatic carbocycles. The summed E-state index contributed by atoms with van der Waals surface area (Å²) in [6, 6.07) is 12.1. The van der Waals surface area contributed by atoms with E-state index in [2.05, 4.69) is 28.6 Å². The minimum atomic E-state index is 0.822. The van der Waals surface area contributed by atoms with E-state index in [1.54, 1.807) is 13.4 Å². The first-order valence-electron chi connectivity index (χ1n) is 8.19. The van der Waals surface area contributed by atoms with E-state index >= 15 is 0 Å². The van der Waals surface area contributed by atoms with Crippen LogP contribution in [0.25, 0.3) is 11.6 Å². The fourth-order valence-corrected chi connectivity index (χ4v) is 3.38. The van der Waals surface area contributed by atoms with Crippen LogP contribution < -0.4 is 4.74 Å². The van der Waals surface area contributed by atoms with Gasteiger partial charge in [-0.15, -0.1) is 0 Å². The zero-order chi connectivity index (χ0) is 16.5. The molecule has 124 valence electrons. The third-order valence-corrected chi connectivity index (χ3v) is 4.66. The van der Waals surface area contributed by atoms with Crippen molar-refractivity contribution in [3.63, 3.8) is 0 Å². The lowest BCUT2D eigenvalue weighted by Gasteiger charge is -2.27. The zero-order valence-corrected chi connectivity index (χ0v) is 14.0. The summed E-state index contributed by atoms with van der Waals surface area (Å²) >= 11 is 0. The van der Waals surface area contributed by atoms with E-state index in [1.165, 1.54) is 17.0 Å². The van der Waals surface area contributed by atoms with Crippen molar-refractivity contribution in [1.29, 1.82) is 0 Å². The van der Waals surface area contributed by atoms with Crippen LogP contribution in [0.1, 0.15) is 17.0 Å². The van der Waals surface area contributed by atoms with E-state index < -0.39 is 0 Å². The average Bonchev–Trinajstić information content (AvgIpc) is 3.24. The maximum atomic E-state index is 5.52. The number of hydrogen-bond donors (Lipinski definition) is 0. The maximum Gasteiger partial charge on any atom is 0.176 e. The fraction of sp³-hybridized carbons (Fsp3) is 0.316. The highest BCUT2D eigenvalue weighted by molar-refractivity contribution is 5.49. The first-order chi connectivity index (χ1) is 11.8. The lowest BCUT2D eigenvalue weighted by atomic mass is 10.1. The van der Waals surface area contributed by atoms with Crippen molar-refractivity contribution in [1.82, 2.24) is 14.5 Å². The van der Waals surface area contributed by atoms with Gasteiger partial charge in [0, 0.05) is 38.7 Å². The summed E-state index contributed by atoms with van der Waals surface area (Å²) in [5.74, 6) is 2.68. The van der Waals surface area contributed by atoms with Crippen molar-refractivity contribution in [2.75, 3.05) is 13.7 Å². The standard InChI is InChI=1S/C19H21N3O2/c1-21-16-13-22(12-14-6-3-4-7-17(14)23-2)10-9-15(16)20-19(21)18-8-5-11-24-18/h3-8,11H,9-10,12-13H2,1-2H3. The van der Waals surface area contributed by atoms with E-state index in [0.717, 1.165) is 43.4 Å². The monoisotopic (exact) mass is 323 g/mol. The third kappa shape index (κ3) is 2.61. The predicted octanol–water partition coefficient (Wildman–Crippen LogP) is 3.25. The second-order valence-electron chi connectivity index (χ2n) is 6.14. The van der Waals surface area contributed by atoms with Gasteiger partial charge in [0.2, 0.25) is 0 Å². The van der Waals surface area contributed by atoms with Crippen LogP contribution in [0.4, 0.5) is 0 Å². The Balaban J connectivity index is 1.58. The average molecular weight is 323 g/mol. The summed E-state index contributed by atoms with van der Waals surface area (Å²) < 4.78 is 13.1. The molecule has 1 aliphatic rings. The lowest BCUT2D eigenvalue weighted by molar-refractivity contribution is 0.234. The highest BCUT2D eigenvalue weighted by Crippen LogP contribution is 2.28. The number of fused-ring (bicyclic) bond motifs is 1. The zero-order valence-electron chi connectivity index (χ0n) is 14.0. The number of ether oxygens (including phenoxy) is 1. The number of furan rings is 1. The Morgan fingerprint density at radius 1 is 1.21 bits per heavy atom. The number of hydrogen-bond acceptors (Lipinski definition) is 4. The van der Waals surface area contributed by atoms with Gasteiger partial charge in [-0.25, -0.2) is 4.98 Å². The number of rotatable bonds is 4. The number of aromatic nitrogens is 2. The molecule has 0 unspecified atom stereocenters. The second kappa shape index (κ2) is 6.17. The first kappa shape index (κ1) is 15.0. The Morgan fingerprint density at radius 3 is 2.88 bits per heavy atom. The van der Waals surface area contributed by atoms with E-state index in [1.807, 2.05) is 24.3 Å². The summed E-state index contributed by atoms with van der Waals surface area (Å²) in [6.45, 7) is 2.77. The van der Waals surface area contributed by atoms with Crippen LogP contribution in [-0.2, 0) is 26.6 Å². The predicted molar refractivity (Wildman–Crippen MR) is 91.7 cm³/mol. The van der Waals surface area contributed by atoms with Gasteiger partial charge in [0.1, 0.15) is 5.75 Å². The molecule has 0 atom stereocenters. The summed E-state index contributed by atoms with van der Waals surface area (Å²) in [5, 5.41) is 0. The van der Waals surface area contributed by atoms with E-state index in [4.69, 9.17) is 14.1 Å². The summed E-state index contributed by atoms with van der Waals surface area (Å²) in [5.41, 5.74) is 3.67. The topological polar surface area (TPSA) is 43.4 Å². The molecule has 24 heavy (non-hydrogen) atoms. The molecule has 5 nitrogen and oxygen atoms in total. The van der Waals surface area contributed by atoms with Crippen molar-refractivity contribution >= 4 is 0 Å². The molecule has 0 saturated carbocycles. The molecule has 1 aliphatic heterocycles. The van der Waals surface area contributed by atoms with Crippen molar-refractivity contribution in [3.8, 4) is 17.3 Å². The lowest BCUT2D eigenvalue weighted by Crippen LogP contribution is -2.31. The maximum absolute atomic E-state index is 5.52. The van der Waals surface area contributed by atoms with E-state index in [9.17, 15) is 0 Å². The molecule has 0 amide bonds. The quantitative estimate of drug-likeness (QED) is 0.739. The Hall–Kier alpha value is -2.53. The third-order valence-electron chi connectivity index (χ3n) is 4.66. The van der Waals surface area contributed by atoms with E-state index in [0.29, 0.717) is 0 Å². The van der Waals surface area contributed by atoms with Crippen LogP contribution in [0.2, 0.25) is 0 Å². The molecule has 4 rings (SSSR count). The van der Waals surface area contributed by atoms with Crippen molar-refractivity contribution in [2.45, 2.75) is 19.5 Å². The van der Waals surface area contributed by atoms with Crippen LogP contribution in [0, 0.1) is 0 Å². The number of methoxy groups -OCH3 is 1. The fourth-order valence-electron chi connectivity index (χ4n) is 3.38. The molecule has 0 spiro atoms. The van der Waals surface area contributed by atoms with Crippen LogP contribution in [-0.4, -0.2) is 28.1 Å². The molecule has 2 aromatic heterocycles. The van der Waals surface area contributed by atoms with Gasteiger partial charge in [0.25, 0.3) is 0 Å². The molecular formula is C19H21N3O2. The molecule has 0 radical (unpaired) electrons. The Labute approximate surface area is 141 Å². The number of benzene rings is 1. The normalized spacial score (nSPS) is 14.6. The highest BCUT2D eigenvalue weighted by Gasteiger charge is 2.24. The Kier molecular flexibility index (Phi) is 3.86. The molecule has 0 aliphatic carbocycles. The molecule has 3 heterocycles. The molecule has 0 N–H and O–H groups in total. The van der Waals surface area contributed by atoms with Gasteiger partial charge in [-0.3, -0.25) is 4.90 Å². The highest BCUT2D eigenvalue weighted by atomic mass is 16.5. The molecule has 0 saturated heterocycles. The molecular weight excluding hydrogens is 302 g/mol. The SMILES string of the molecule is COc1ccccc1CN1CCc2nc(-c3ccco3)n(C)c2C1. The Bertz CT molecular complexity index is 836. The van der Waals surface area contributed by atoms with Crippen molar-refractivity contribution < 1.29 is 9.15 Å². The Morgan fingerprint density at radius 2 is 2.08 bits per heavy atom. The summed E-state index contributed by atoms with van der Waals surface area (Å²) in [6.07, 6.45) is 2.65.